The molecule has 2 aromatic carbocycles. The molecule has 1 fully saturated rings. The molecule has 3 aromatic rings. The van der Waals surface area contributed by atoms with E-state index in [9.17, 15) is 27.0 Å². The summed E-state index contributed by atoms with van der Waals surface area (Å²) in [7, 11) is -7.98. The Kier molecular flexibility index (Phi) is 4.80. The molecule has 1 aliphatic rings. The average Bonchev–Trinajstić information content (AvgIpc) is 3.21. The highest BCUT2D eigenvalue weighted by Crippen LogP contribution is 2.31. The van der Waals surface area contributed by atoms with Crippen molar-refractivity contribution in [3.05, 3.63) is 30.3 Å². The minimum Gasteiger partial charge on any atom is -0.504 e. The first-order valence-electron chi connectivity index (χ1n) is 8.65. The van der Waals surface area contributed by atoms with E-state index in [4.69, 9.17) is 5.73 Å². The number of aromatic nitrogens is 2. The third-order valence-corrected chi connectivity index (χ3v) is 8.63. The Labute approximate surface area is 171 Å². The van der Waals surface area contributed by atoms with E-state index in [0.717, 1.165) is 26.8 Å². The van der Waals surface area contributed by atoms with Gasteiger partial charge in [-0.2, -0.15) is 8.61 Å². The van der Waals surface area contributed by atoms with Gasteiger partial charge in [0.15, 0.2) is 22.5 Å². The van der Waals surface area contributed by atoms with Gasteiger partial charge < -0.3 is 15.9 Å². The number of nitrogens with two attached hydrogens (primary N) is 1. The zero-order valence-corrected chi connectivity index (χ0v) is 17.0. The van der Waals surface area contributed by atoms with Crippen LogP contribution in [0.1, 0.15) is 0 Å². The SMILES string of the molecule is Nc1ccc(S(=O)(=O)N2CCN(S(=O)(=O)c3ccc(O)c(O)c3)CC2)c2nonc12. The van der Waals surface area contributed by atoms with Crippen LogP contribution >= 0.6 is 0 Å². The maximum absolute atomic E-state index is 13.1. The second kappa shape index (κ2) is 7.09. The van der Waals surface area contributed by atoms with Crippen molar-refractivity contribution in [3.8, 4) is 11.5 Å². The second-order valence-electron chi connectivity index (χ2n) is 6.57. The third kappa shape index (κ3) is 3.23. The summed E-state index contributed by atoms with van der Waals surface area (Å²) in [5.41, 5.74) is 6.11. The number of sulfonamides is 2. The topological polar surface area (TPSA) is 180 Å². The highest BCUT2D eigenvalue weighted by atomic mass is 32.2. The third-order valence-electron chi connectivity index (χ3n) is 4.81. The summed E-state index contributed by atoms with van der Waals surface area (Å²) in [5.74, 6) is -1.01. The molecule has 160 valence electrons. The van der Waals surface area contributed by atoms with E-state index in [-0.39, 0.29) is 52.7 Å². The van der Waals surface area contributed by atoms with Gasteiger partial charge in [0.2, 0.25) is 20.0 Å². The van der Waals surface area contributed by atoms with Crippen LogP contribution in [0.4, 0.5) is 5.69 Å². The van der Waals surface area contributed by atoms with Crippen LogP contribution in [-0.2, 0) is 20.0 Å². The number of aromatic hydroxyl groups is 2. The zero-order valence-electron chi connectivity index (χ0n) is 15.3. The van der Waals surface area contributed by atoms with Crippen molar-refractivity contribution in [1.29, 1.82) is 0 Å². The number of anilines is 1. The fraction of sp³-hybridized carbons (Fsp3) is 0.250. The molecule has 0 spiro atoms. The molecule has 0 atom stereocenters. The number of hydrogen-bond donors (Lipinski definition) is 3. The van der Waals surface area contributed by atoms with Crippen LogP contribution < -0.4 is 5.73 Å². The zero-order chi connectivity index (χ0) is 21.7. The van der Waals surface area contributed by atoms with Gasteiger partial charge in [0.25, 0.3) is 0 Å². The Bertz CT molecular complexity index is 1330. The first-order valence-corrected chi connectivity index (χ1v) is 11.5. The van der Waals surface area contributed by atoms with E-state index >= 15 is 0 Å². The highest BCUT2D eigenvalue weighted by molar-refractivity contribution is 7.89. The lowest BCUT2D eigenvalue weighted by molar-refractivity contribution is 0.272. The fourth-order valence-electron chi connectivity index (χ4n) is 3.17. The fourth-order valence-corrected chi connectivity index (χ4v) is 6.16. The van der Waals surface area contributed by atoms with E-state index in [1.165, 1.54) is 12.1 Å². The average molecular weight is 455 g/mol. The van der Waals surface area contributed by atoms with Crippen LogP contribution in [0.15, 0.2) is 44.8 Å². The van der Waals surface area contributed by atoms with Gasteiger partial charge in [0, 0.05) is 32.2 Å². The minimum atomic E-state index is -4.00. The number of piperazine rings is 1. The highest BCUT2D eigenvalue weighted by Gasteiger charge is 2.35. The number of rotatable bonds is 4. The smallest absolute Gasteiger partial charge is 0.245 e. The van der Waals surface area contributed by atoms with Crippen LogP contribution in [0, 0.1) is 0 Å². The summed E-state index contributed by atoms with van der Waals surface area (Å²) in [6.07, 6.45) is 0. The molecule has 4 N–H and O–H groups in total. The number of nitrogens with zero attached hydrogens (tertiary/aromatic N) is 4. The van der Waals surface area contributed by atoms with Gasteiger partial charge in [-0.3, -0.25) is 0 Å². The molecule has 4 rings (SSSR count). The lowest BCUT2D eigenvalue weighted by atomic mass is 10.3. The van der Waals surface area contributed by atoms with Crippen LogP contribution in [0.3, 0.4) is 0 Å². The minimum absolute atomic E-state index is 0.00428. The molecule has 0 saturated carbocycles. The Balaban J connectivity index is 1.57. The van der Waals surface area contributed by atoms with Crippen molar-refractivity contribution in [2.45, 2.75) is 9.79 Å². The molecular weight excluding hydrogens is 438 g/mol. The van der Waals surface area contributed by atoms with Crippen molar-refractivity contribution in [3.63, 3.8) is 0 Å². The Morgan fingerprint density at radius 3 is 2.07 bits per heavy atom. The molecule has 0 amide bonds. The van der Waals surface area contributed by atoms with Gasteiger partial charge in [0.1, 0.15) is 4.90 Å². The predicted octanol–water partition coefficient (Wildman–Crippen LogP) is -0.0886. The quantitative estimate of drug-likeness (QED) is 0.355. The number of phenols is 2. The molecule has 0 unspecified atom stereocenters. The van der Waals surface area contributed by atoms with Gasteiger partial charge in [0.05, 0.1) is 10.6 Å². The Morgan fingerprint density at radius 1 is 0.833 bits per heavy atom. The molecule has 1 aliphatic heterocycles. The molecule has 0 bridgehead atoms. The standard InChI is InChI=1S/C16H17N5O7S2/c17-11-2-4-14(16-15(11)18-28-19-16)30(26,27)21-7-5-20(6-8-21)29(24,25)10-1-3-12(22)13(23)9-10/h1-4,9,22-23H,5-8,17H2. The molecule has 0 radical (unpaired) electrons. The number of hydrogen-bond acceptors (Lipinski definition) is 10. The number of benzene rings is 2. The largest absolute Gasteiger partial charge is 0.504 e. The predicted molar refractivity (Wildman–Crippen MR) is 104 cm³/mol. The van der Waals surface area contributed by atoms with E-state index in [2.05, 4.69) is 14.9 Å². The van der Waals surface area contributed by atoms with Gasteiger partial charge >= 0.3 is 0 Å². The number of nitrogen functional groups attached to an aromatic ring is 1. The molecule has 0 aliphatic carbocycles. The Hall–Kier alpha value is -2.94. The summed E-state index contributed by atoms with van der Waals surface area (Å²) < 4.78 is 58.5. The first kappa shape index (κ1) is 20.3. The van der Waals surface area contributed by atoms with Crippen LogP contribution in [0.5, 0.6) is 11.5 Å². The van der Waals surface area contributed by atoms with Gasteiger partial charge in [-0.1, -0.05) is 0 Å². The van der Waals surface area contributed by atoms with E-state index in [1.54, 1.807) is 0 Å². The van der Waals surface area contributed by atoms with Crippen LogP contribution in [-0.4, -0.2) is 72.2 Å². The van der Waals surface area contributed by atoms with Crippen LogP contribution in [0.25, 0.3) is 11.0 Å². The number of phenolic OH excluding ortho intramolecular Hbond substituents is 2. The lowest BCUT2D eigenvalue weighted by Crippen LogP contribution is -2.50. The van der Waals surface area contributed by atoms with Crippen molar-refractivity contribution in [2.24, 2.45) is 0 Å². The van der Waals surface area contributed by atoms with Crippen molar-refractivity contribution < 1.29 is 31.7 Å². The van der Waals surface area contributed by atoms with Crippen molar-refractivity contribution in [2.75, 3.05) is 31.9 Å². The first-order chi connectivity index (χ1) is 14.1. The normalized spacial score (nSPS) is 16.8. The molecule has 2 heterocycles. The number of fused-ring (bicyclic) bond motifs is 1. The molecule has 1 aromatic heterocycles. The van der Waals surface area contributed by atoms with E-state index < -0.39 is 31.5 Å². The monoisotopic (exact) mass is 455 g/mol. The van der Waals surface area contributed by atoms with Gasteiger partial charge in [-0.15, -0.1) is 0 Å². The van der Waals surface area contributed by atoms with Gasteiger partial charge in [-0.05, 0) is 34.6 Å². The lowest BCUT2D eigenvalue weighted by Gasteiger charge is -2.33. The molecule has 1 saturated heterocycles. The molecule has 12 nitrogen and oxygen atoms in total. The Morgan fingerprint density at radius 2 is 1.43 bits per heavy atom. The van der Waals surface area contributed by atoms with E-state index in [0.29, 0.717) is 0 Å². The maximum atomic E-state index is 13.1. The molecular formula is C16H17N5O7S2. The molecule has 14 heteroatoms. The summed E-state index contributed by atoms with van der Waals surface area (Å²) >= 11 is 0. The summed E-state index contributed by atoms with van der Waals surface area (Å²) in [5, 5.41) is 26.2. The van der Waals surface area contributed by atoms with Crippen molar-refractivity contribution in [1.82, 2.24) is 18.9 Å². The molecule has 30 heavy (non-hydrogen) atoms. The summed E-state index contributed by atoms with van der Waals surface area (Å²) in [6.45, 7) is -0.387. The second-order valence-corrected chi connectivity index (χ2v) is 10.4. The summed E-state index contributed by atoms with van der Waals surface area (Å²) in [4.78, 5) is -0.337. The maximum Gasteiger partial charge on any atom is 0.245 e. The van der Waals surface area contributed by atoms with Crippen molar-refractivity contribution >= 4 is 36.8 Å². The summed E-state index contributed by atoms with van der Waals surface area (Å²) in [6, 6.07) is 5.87. The van der Waals surface area contributed by atoms with Gasteiger partial charge in [-0.25, -0.2) is 21.5 Å². The van der Waals surface area contributed by atoms with Crippen LogP contribution in [0.2, 0.25) is 0 Å². The van der Waals surface area contributed by atoms with E-state index in [1.807, 2.05) is 0 Å².